The predicted molar refractivity (Wildman–Crippen MR) is 68.5 cm³/mol. The van der Waals surface area contributed by atoms with E-state index in [9.17, 15) is 14.5 Å². The van der Waals surface area contributed by atoms with Gasteiger partial charge in [0.15, 0.2) is 0 Å². The predicted octanol–water partition coefficient (Wildman–Crippen LogP) is 3.18. The van der Waals surface area contributed by atoms with Crippen molar-refractivity contribution >= 4 is 5.69 Å². The van der Waals surface area contributed by atoms with Gasteiger partial charge in [-0.05, 0) is 23.8 Å². The molecule has 0 fully saturated rings. The molecule has 0 aliphatic carbocycles. The number of benzene rings is 2. The lowest BCUT2D eigenvalue weighted by Gasteiger charge is -2.06. The highest BCUT2D eigenvalue weighted by Gasteiger charge is 2.14. The van der Waals surface area contributed by atoms with Crippen molar-refractivity contribution in [2.24, 2.45) is 0 Å². The van der Waals surface area contributed by atoms with Crippen LogP contribution >= 0.6 is 0 Å². The van der Waals surface area contributed by atoms with Crippen LogP contribution in [0.2, 0.25) is 0 Å². The molecule has 5 nitrogen and oxygen atoms in total. The van der Waals surface area contributed by atoms with E-state index in [0.29, 0.717) is 11.3 Å². The Labute approximate surface area is 114 Å². The van der Waals surface area contributed by atoms with Crippen LogP contribution in [0.4, 0.5) is 10.1 Å². The quantitative estimate of drug-likeness (QED) is 0.632. The Morgan fingerprint density at radius 3 is 2.75 bits per heavy atom. The van der Waals surface area contributed by atoms with Crippen LogP contribution < -0.4 is 4.74 Å². The van der Waals surface area contributed by atoms with E-state index in [4.69, 9.17) is 10.00 Å². The monoisotopic (exact) mass is 272 g/mol. The van der Waals surface area contributed by atoms with Crippen LogP contribution in [0.5, 0.6) is 5.75 Å². The van der Waals surface area contributed by atoms with E-state index >= 15 is 0 Å². The molecule has 0 bridgehead atoms. The Bertz CT molecular complexity index is 695. The molecular weight excluding hydrogens is 263 g/mol. The van der Waals surface area contributed by atoms with E-state index in [0.717, 1.165) is 0 Å². The zero-order chi connectivity index (χ0) is 14.5. The topological polar surface area (TPSA) is 76.2 Å². The average Bonchev–Trinajstić information content (AvgIpc) is 2.44. The number of rotatable bonds is 4. The Morgan fingerprint density at radius 2 is 2.10 bits per heavy atom. The minimum atomic E-state index is -0.630. The SMILES string of the molecule is N#Cc1cc(OCc2cccc(F)c2)ccc1[N+](=O)[O-]. The van der Waals surface area contributed by atoms with Crippen molar-refractivity contribution in [3.05, 3.63) is 69.5 Å². The molecule has 6 heteroatoms. The molecule has 0 unspecified atom stereocenters. The van der Waals surface area contributed by atoms with Gasteiger partial charge in [-0.25, -0.2) is 4.39 Å². The lowest BCUT2D eigenvalue weighted by Crippen LogP contribution is -1.98. The minimum absolute atomic E-state index is 0.0771. The zero-order valence-electron chi connectivity index (χ0n) is 10.2. The maximum absolute atomic E-state index is 13.0. The number of nitrogens with zero attached hydrogens (tertiary/aromatic N) is 2. The molecule has 100 valence electrons. The van der Waals surface area contributed by atoms with E-state index < -0.39 is 4.92 Å². The van der Waals surface area contributed by atoms with E-state index in [1.165, 1.54) is 30.3 Å². The third kappa shape index (κ3) is 3.09. The minimum Gasteiger partial charge on any atom is -0.489 e. The van der Waals surface area contributed by atoms with E-state index in [2.05, 4.69) is 0 Å². The lowest BCUT2D eigenvalue weighted by atomic mass is 10.2. The lowest BCUT2D eigenvalue weighted by molar-refractivity contribution is -0.385. The van der Waals surface area contributed by atoms with Gasteiger partial charge in [0.1, 0.15) is 29.8 Å². The summed E-state index contributed by atoms with van der Waals surface area (Å²) in [5.74, 6) is -0.0519. The third-order valence-corrected chi connectivity index (χ3v) is 2.58. The smallest absolute Gasteiger partial charge is 0.287 e. The van der Waals surface area contributed by atoms with Crippen molar-refractivity contribution in [2.75, 3.05) is 0 Å². The van der Waals surface area contributed by atoms with Gasteiger partial charge in [0.05, 0.1) is 4.92 Å². The molecule has 0 aliphatic rings. The Hall–Kier alpha value is -2.94. The molecular formula is C14H9FN2O3. The first-order chi connectivity index (χ1) is 9.60. The molecule has 0 aromatic heterocycles. The van der Waals surface area contributed by atoms with Gasteiger partial charge in [0, 0.05) is 12.1 Å². The average molecular weight is 272 g/mol. The number of hydrogen-bond acceptors (Lipinski definition) is 4. The summed E-state index contributed by atoms with van der Waals surface area (Å²) in [4.78, 5) is 10.1. The molecule has 2 aromatic carbocycles. The van der Waals surface area contributed by atoms with Crippen molar-refractivity contribution in [1.82, 2.24) is 0 Å². The number of ether oxygens (including phenoxy) is 1. The second kappa shape index (κ2) is 5.80. The van der Waals surface area contributed by atoms with Crippen molar-refractivity contribution in [3.63, 3.8) is 0 Å². The summed E-state index contributed by atoms with van der Waals surface area (Å²) in [5, 5.41) is 19.5. The normalized spacial score (nSPS) is 9.80. The van der Waals surface area contributed by atoms with E-state index in [1.807, 2.05) is 0 Å². The van der Waals surface area contributed by atoms with Gasteiger partial charge in [-0.1, -0.05) is 12.1 Å². The van der Waals surface area contributed by atoms with Crippen LogP contribution in [-0.2, 0) is 6.61 Å². The fourth-order valence-electron chi connectivity index (χ4n) is 1.65. The largest absolute Gasteiger partial charge is 0.489 e. The maximum Gasteiger partial charge on any atom is 0.287 e. The second-order valence-electron chi connectivity index (χ2n) is 3.97. The Balaban J connectivity index is 2.15. The summed E-state index contributed by atoms with van der Waals surface area (Å²) in [6.07, 6.45) is 0. The summed E-state index contributed by atoms with van der Waals surface area (Å²) in [5.41, 5.74) is 0.277. The van der Waals surface area contributed by atoms with Gasteiger partial charge in [0.25, 0.3) is 5.69 Å². The molecule has 0 amide bonds. The molecule has 0 saturated carbocycles. The molecule has 0 atom stereocenters. The van der Waals surface area contributed by atoms with Gasteiger partial charge in [0.2, 0.25) is 0 Å². The van der Waals surface area contributed by atoms with Crippen LogP contribution in [0.1, 0.15) is 11.1 Å². The summed E-state index contributed by atoms with van der Waals surface area (Å²) in [7, 11) is 0. The molecule has 2 aromatic rings. The third-order valence-electron chi connectivity index (χ3n) is 2.58. The van der Waals surface area contributed by atoms with Crippen molar-refractivity contribution in [1.29, 1.82) is 5.26 Å². The first-order valence-electron chi connectivity index (χ1n) is 5.66. The number of nitriles is 1. The van der Waals surface area contributed by atoms with Crippen LogP contribution in [0.25, 0.3) is 0 Å². The van der Waals surface area contributed by atoms with Gasteiger partial charge in [-0.15, -0.1) is 0 Å². The van der Waals surface area contributed by atoms with E-state index in [1.54, 1.807) is 18.2 Å². The summed E-state index contributed by atoms with van der Waals surface area (Å²) in [6.45, 7) is 0.112. The molecule has 20 heavy (non-hydrogen) atoms. The molecule has 0 radical (unpaired) electrons. The molecule has 0 aliphatic heterocycles. The highest BCUT2D eigenvalue weighted by Crippen LogP contribution is 2.23. The number of hydrogen-bond donors (Lipinski definition) is 0. The Kier molecular flexibility index (Phi) is 3.91. The molecule has 0 spiro atoms. The van der Waals surface area contributed by atoms with Crippen LogP contribution in [-0.4, -0.2) is 4.92 Å². The fraction of sp³-hybridized carbons (Fsp3) is 0.0714. The molecule has 0 heterocycles. The van der Waals surface area contributed by atoms with E-state index in [-0.39, 0.29) is 23.7 Å². The number of nitro groups is 1. The van der Waals surface area contributed by atoms with Crippen molar-refractivity contribution in [3.8, 4) is 11.8 Å². The zero-order valence-corrected chi connectivity index (χ0v) is 10.2. The fourth-order valence-corrected chi connectivity index (χ4v) is 1.65. The second-order valence-corrected chi connectivity index (χ2v) is 3.97. The van der Waals surface area contributed by atoms with Gasteiger partial charge >= 0.3 is 0 Å². The Morgan fingerprint density at radius 1 is 1.30 bits per heavy atom. The maximum atomic E-state index is 13.0. The molecule has 0 saturated heterocycles. The van der Waals surface area contributed by atoms with Crippen LogP contribution in [0.3, 0.4) is 0 Å². The highest BCUT2D eigenvalue weighted by molar-refractivity contribution is 5.52. The standard InChI is InChI=1S/C14H9FN2O3/c15-12-3-1-2-10(6-12)9-20-13-4-5-14(17(18)19)11(7-13)8-16/h1-7H,9H2. The molecule has 0 N–H and O–H groups in total. The van der Waals surface area contributed by atoms with Crippen LogP contribution in [0.15, 0.2) is 42.5 Å². The van der Waals surface area contributed by atoms with Crippen LogP contribution in [0, 0.1) is 27.3 Å². The summed E-state index contributed by atoms with van der Waals surface area (Å²) in [6, 6.07) is 11.5. The first-order valence-corrected chi connectivity index (χ1v) is 5.66. The highest BCUT2D eigenvalue weighted by atomic mass is 19.1. The number of nitro benzene ring substituents is 1. The number of halogens is 1. The summed E-state index contributed by atoms with van der Waals surface area (Å²) < 4.78 is 18.4. The molecule has 2 rings (SSSR count). The first kappa shape index (κ1) is 13.5. The van der Waals surface area contributed by atoms with Gasteiger partial charge in [-0.2, -0.15) is 5.26 Å². The summed E-state index contributed by atoms with van der Waals surface area (Å²) >= 11 is 0. The van der Waals surface area contributed by atoms with Crippen molar-refractivity contribution < 1.29 is 14.1 Å². The van der Waals surface area contributed by atoms with Crippen molar-refractivity contribution in [2.45, 2.75) is 6.61 Å². The van der Waals surface area contributed by atoms with Gasteiger partial charge in [-0.3, -0.25) is 10.1 Å². The van der Waals surface area contributed by atoms with Gasteiger partial charge < -0.3 is 4.74 Å².